The van der Waals surface area contributed by atoms with E-state index < -0.39 is 0 Å². The Morgan fingerprint density at radius 1 is 0.839 bits per heavy atom. The Kier molecular flexibility index (Phi) is 13.4. The molecule has 1 aromatic carbocycles. The number of halogens is 1. The van der Waals surface area contributed by atoms with Gasteiger partial charge in [0, 0.05) is 23.6 Å². The first-order valence-corrected chi connectivity index (χ1v) is 13.3. The van der Waals surface area contributed by atoms with Crippen molar-refractivity contribution in [2.45, 2.75) is 95.8 Å². The lowest BCUT2D eigenvalue weighted by molar-refractivity contribution is 0.298. The molecule has 4 heteroatoms. The van der Waals surface area contributed by atoms with Gasteiger partial charge in [-0.1, -0.05) is 124 Å². The average Bonchev–Trinajstić information content (AvgIpc) is 2.79. The van der Waals surface area contributed by atoms with Crippen LogP contribution >= 0.6 is 15.9 Å². The number of benzene rings is 1. The molecule has 0 atom stereocenters. The second kappa shape index (κ2) is 16.1. The fourth-order valence-corrected chi connectivity index (χ4v) is 4.35. The molecule has 2 rings (SSSR count). The van der Waals surface area contributed by atoms with Gasteiger partial charge in [-0.25, -0.2) is 0 Å². The van der Waals surface area contributed by atoms with E-state index in [9.17, 15) is 4.79 Å². The first kappa shape index (κ1) is 25.7. The molecular formula is C27H40BrNO2. The molecule has 0 bridgehead atoms. The van der Waals surface area contributed by atoms with E-state index in [1.165, 1.54) is 76.2 Å². The number of aromatic nitrogens is 1. The van der Waals surface area contributed by atoms with Crippen molar-refractivity contribution in [2.24, 2.45) is 0 Å². The maximum Gasteiger partial charge on any atom is 0.223 e. The van der Waals surface area contributed by atoms with Gasteiger partial charge in [0.1, 0.15) is 0 Å². The van der Waals surface area contributed by atoms with Crippen molar-refractivity contribution in [1.82, 2.24) is 4.57 Å². The highest BCUT2D eigenvalue weighted by Gasteiger charge is 2.08. The fourth-order valence-electron chi connectivity index (χ4n) is 3.87. The molecule has 2 aromatic rings. The van der Waals surface area contributed by atoms with E-state index in [1.807, 2.05) is 24.4 Å². The fraction of sp³-hybridized carbons (Fsp3) is 0.593. The molecular weight excluding hydrogens is 450 g/mol. The van der Waals surface area contributed by atoms with Crippen molar-refractivity contribution >= 4 is 15.9 Å². The largest absolute Gasteiger partial charge is 0.488 e. The number of rotatable bonds is 17. The molecule has 0 aliphatic heterocycles. The lowest BCUT2D eigenvalue weighted by Gasteiger charge is -2.14. The summed E-state index contributed by atoms with van der Waals surface area (Å²) in [6.07, 6.45) is 17.7. The maximum atomic E-state index is 12.4. The van der Waals surface area contributed by atoms with Crippen LogP contribution in [0.25, 0.3) is 0 Å². The second-order valence-electron chi connectivity index (χ2n) is 8.48. The minimum absolute atomic E-state index is 0.0299. The van der Waals surface area contributed by atoms with Gasteiger partial charge in [-0.3, -0.25) is 4.79 Å². The Hall–Kier alpha value is -1.55. The first-order chi connectivity index (χ1) is 15.2. The minimum atomic E-state index is -0.0299. The third-order valence-electron chi connectivity index (χ3n) is 5.77. The Labute approximate surface area is 197 Å². The van der Waals surface area contributed by atoms with Gasteiger partial charge in [0.05, 0.1) is 12.8 Å². The molecule has 0 aliphatic carbocycles. The minimum Gasteiger partial charge on any atom is -0.488 e. The molecule has 172 valence electrons. The Balaban J connectivity index is 1.64. The van der Waals surface area contributed by atoms with Crippen molar-refractivity contribution in [3.8, 4) is 5.75 Å². The van der Waals surface area contributed by atoms with Crippen LogP contribution in [0.4, 0.5) is 0 Å². The summed E-state index contributed by atoms with van der Waals surface area (Å²) in [4.78, 5) is 12.4. The average molecular weight is 491 g/mol. The van der Waals surface area contributed by atoms with E-state index in [-0.39, 0.29) is 5.43 Å². The summed E-state index contributed by atoms with van der Waals surface area (Å²) in [5, 5.41) is 0.647. The van der Waals surface area contributed by atoms with E-state index >= 15 is 0 Å². The smallest absolute Gasteiger partial charge is 0.223 e. The van der Waals surface area contributed by atoms with Crippen molar-refractivity contribution in [3.05, 3.63) is 64.1 Å². The number of ether oxygens (including phenoxy) is 1. The van der Waals surface area contributed by atoms with Gasteiger partial charge in [0.2, 0.25) is 5.43 Å². The molecule has 0 saturated heterocycles. The highest BCUT2D eigenvalue weighted by atomic mass is 79.9. The zero-order chi connectivity index (χ0) is 22.2. The highest BCUT2D eigenvalue weighted by Crippen LogP contribution is 2.15. The molecule has 1 heterocycles. The number of hydrogen-bond donors (Lipinski definition) is 0. The molecule has 3 nitrogen and oxygen atoms in total. The highest BCUT2D eigenvalue weighted by molar-refractivity contribution is 9.08. The van der Waals surface area contributed by atoms with E-state index in [4.69, 9.17) is 4.74 Å². The number of nitrogens with zero attached hydrogens (tertiary/aromatic N) is 1. The third-order valence-corrected chi connectivity index (χ3v) is 6.35. The van der Waals surface area contributed by atoms with Crippen LogP contribution in [-0.4, -0.2) is 11.2 Å². The zero-order valence-electron chi connectivity index (χ0n) is 19.3. The summed E-state index contributed by atoms with van der Waals surface area (Å²) in [6, 6.07) is 12.0. The predicted molar refractivity (Wildman–Crippen MR) is 135 cm³/mol. The second-order valence-corrected chi connectivity index (χ2v) is 9.04. The van der Waals surface area contributed by atoms with Gasteiger partial charge < -0.3 is 9.30 Å². The topological polar surface area (TPSA) is 31.2 Å². The summed E-state index contributed by atoms with van der Waals surface area (Å²) in [5.41, 5.74) is 2.14. The Morgan fingerprint density at radius 3 is 2.00 bits per heavy atom. The van der Waals surface area contributed by atoms with Crippen molar-refractivity contribution in [3.63, 3.8) is 0 Å². The van der Waals surface area contributed by atoms with Crippen LogP contribution in [0.1, 0.15) is 95.2 Å². The molecule has 0 spiro atoms. The van der Waals surface area contributed by atoms with Gasteiger partial charge in [-0.2, -0.15) is 0 Å². The molecule has 31 heavy (non-hydrogen) atoms. The van der Waals surface area contributed by atoms with Gasteiger partial charge in [0.15, 0.2) is 5.75 Å². The lowest BCUT2D eigenvalue weighted by Crippen LogP contribution is -2.16. The molecule has 0 radical (unpaired) electrons. The van der Waals surface area contributed by atoms with E-state index in [2.05, 4.69) is 39.6 Å². The van der Waals surface area contributed by atoms with Gasteiger partial charge >= 0.3 is 0 Å². The molecule has 0 unspecified atom stereocenters. The number of pyridine rings is 1. The number of alkyl halides is 1. The van der Waals surface area contributed by atoms with Gasteiger partial charge in [0.25, 0.3) is 0 Å². The van der Waals surface area contributed by atoms with Crippen LogP contribution in [-0.2, 0) is 11.9 Å². The van der Waals surface area contributed by atoms with Crippen LogP contribution in [0.2, 0.25) is 0 Å². The van der Waals surface area contributed by atoms with Crippen LogP contribution in [0.15, 0.2) is 47.4 Å². The first-order valence-electron chi connectivity index (χ1n) is 12.2. The standard InChI is InChI=1S/C27H40BrNO2/c1-2-3-4-5-6-7-8-9-10-11-12-16-19-31-27-23-29(25(21-28)20-26(27)30)22-24-17-14-13-15-18-24/h13-15,17-18,20,23H,2-12,16,19,21-22H2,1H3. The molecule has 0 saturated carbocycles. The van der Waals surface area contributed by atoms with Crippen molar-refractivity contribution < 1.29 is 4.74 Å². The molecule has 0 amide bonds. The van der Waals surface area contributed by atoms with E-state index in [1.54, 1.807) is 6.07 Å². The molecule has 0 fully saturated rings. The molecule has 0 N–H and O–H groups in total. The summed E-state index contributed by atoms with van der Waals surface area (Å²) in [5.74, 6) is 0.462. The third kappa shape index (κ3) is 10.5. The van der Waals surface area contributed by atoms with Crippen molar-refractivity contribution in [1.29, 1.82) is 0 Å². The van der Waals surface area contributed by atoms with Gasteiger partial charge in [-0.15, -0.1) is 0 Å². The zero-order valence-corrected chi connectivity index (χ0v) is 20.9. The Morgan fingerprint density at radius 2 is 1.42 bits per heavy atom. The number of unbranched alkanes of at least 4 members (excludes halogenated alkanes) is 11. The number of hydrogen-bond acceptors (Lipinski definition) is 2. The van der Waals surface area contributed by atoms with E-state index in [0.29, 0.717) is 17.7 Å². The normalized spacial score (nSPS) is 11.0. The van der Waals surface area contributed by atoms with Crippen LogP contribution in [0.5, 0.6) is 5.75 Å². The van der Waals surface area contributed by atoms with Crippen LogP contribution in [0.3, 0.4) is 0 Å². The summed E-state index contributed by atoms with van der Waals surface area (Å²) < 4.78 is 7.96. The van der Waals surface area contributed by atoms with Crippen molar-refractivity contribution in [2.75, 3.05) is 6.61 Å². The SMILES string of the molecule is CCCCCCCCCCCCCCOc1cn(Cc2ccccc2)c(CBr)cc1=O. The summed E-state index contributed by atoms with van der Waals surface area (Å²) in [7, 11) is 0. The summed E-state index contributed by atoms with van der Waals surface area (Å²) in [6.45, 7) is 3.62. The maximum absolute atomic E-state index is 12.4. The van der Waals surface area contributed by atoms with Crippen LogP contribution < -0.4 is 10.2 Å². The molecule has 0 aliphatic rings. The lowest BCUT2D eigenvalue weighted by atomic mass is 10.1. The quantitative estimate of drug-likeness (QED) is 0.167. The predicted octanol–water partition coefficient (Wildman–Crippen LogP) is 7.87. The monoisotopic (exact) mass is 489 g/mol. The Bertz CT molecular complexity index is 773. The molecule has 1 aromatic heterocycles. The van der Waals surface area contributed by atoms with Gasteiger partial charge in [-0.05, 0) is 12.0 Å². The summed E-state index contributed by atoms with van der Waals surface area (Å²) >= 11 is 3.50. The van der Waals surface area contributed by atoms with E-state index in [0.717, 1.165) is 18.7 Å². The van der Waals surface area contributed by atoms with Crippen LogP contribution in [0, 0.1) is 0 Å².